The predicted octanol–water partition coefficient (Wildman–Crippen LogP) is 4.69. The number of alkyl halides is 3. The lowest BCUT2D eigenvalue weighted by atomic mass is 10.0. The molecule has 0 radical (unpaired) electrons. The van der Waals surface area contributed by atoms with Gasteiger partial charge in [-0.15, -0.1) is 0 Å². The molecule has 5 rings (SSSR count). The first kappa shape index (κ1) is 23.9. The van der Waals surface area contributed by atoms with E-state index in [0.717, 1.165) is 40.4 Å². The Bertz CT molecular complexity index is 1600. The van der Waals surface area contributed by atoms with Gasteiger partial charge in [-0.3, -0.25) is 9.89 Å². The molecule has 1 aliphatic heterocycles. The number of nitrogens with zero attached hydrogens (tertiary/aromatic N) is 2. The van der Waals surface area contributed by atoms with Crippen LogP contribution < -0.4 is 4.74 Å². The van der Waals surface area contributed by atoms with Crippen LogP contribution in [0.1, 0.15) is 21.5 Å². The summed E-state index contributed by atoms with van der Waals surface area (Å²) in [5.74, 6) is -0.316. The van der Waals surface area contributed by atoms with E-state index in [4.69, 9.17) is 4.74 Å². The first-order valence-corrected chi connectivity index (χ1v) is 12.8. The normalized spacial score (nSPS) is 14.3. The highest BCUT2D eigenvalue weighted by Crippen LogP contribution is 2.36. The molecular formula is C25H20F3N3O4S. The molecule has 0 spiro atoms. The number of H-pyrrole nitrogens is 1. The molecule has 1 amide bonds. The number of hydrogen-bond donors (Lipinski definition) is 1. The van der Waals surface area contributed by atoms with Crippen molar-refractivity contribution in [3.63, 3.8) is 0 Å². The number of ether oxygens (including phenoxy) is 1. The smallest absolute Gasteiger partial charge is 0.417 e. The molecule has 1 aromatic heterocycles. The van der Waals surface area contributed by atoms with Gasteiger partial charge in [-0.25, -0.2) is 8.42 Å². The summed E-state index contributed by atoms with van der Waals surface area (Å²) in [6.45, 7) is 0.189. The number of aromatic amines is 1. The van der Waals surface area contributed by atoms with E-state index in [2.05, 4.69) is 10.2 Å². The molecule has 7 nitrogen and oxygen atoms in total. The van der Waals surface area contributed by atoms with Crippen LogP contribution in [-0.2, 0) is 22.6 Å². The average Bonchev–Trinajstić information content (AvgIpc) is 3.19. The fourth-order valence-corrected chi connectivity index (χ4v) is 4.86. The standard InChI is InChI=1S/C25H20F3N3O4S/c1-36(33,34)19-5-6-20(21(12-19)25(26,27)28)24(32)31-8-9-35-23-7-4-15(10-18(23)14-31)16-2-3-17-13-29-30-22(17)11-16/h2-7,10-13H,8-9,14H2,1H3,(H,29,30). The number of carbonyl (C=O) groups excluding carboxylic acids is 1. The van der Waals surface area contributed by atoms with Crippen molar-refractivity contribution in [3.8, 4) is 16.9 Å². The van der Waals surface area contributed by atoms with Gasteiger partial charge >= 0.3 is 6.18 Å². The van der Waals surface area contributed by atoms with Gasteiger partial charge in [0, 0.05) is 23.8 Å². The fraction of sp³-hybridized carbons (Fsp3) is 0.200. The van der Waals surface area contributed by atoms with E-state index < -0.39 is 37.9 Å². The molecule has 0 atom stereocenters. The van der Waals surface area contributed by atoms with Gasteiger partial charge in [0.05, 0.1) is 34.3 Å². The SMILES string of the molecule is CS(=O)(=O)c1ccc(C(=O)N2CCOc3ccc(-c4ccc5cn[nH]c5c4)cc3C2)c(C(F)(F)F)c1. The lowest BCUT2D eigenvalue weighted by Crippen LogP contribution is -2.34. The number of benzene rings is 3. The predicted molar refractivity (Wildman–Crippen MR) is 126 cm³/mol. The first-order valence-electron chi connectivity index (χ1n) is 10.9. The maximum Gasteiger partial charge on any atom is 0.417 e. The highest BCUT2D eigenvalue weighted by atomic mass is 32.2. The molecule has 0 fully saturated rings. The van der Waals surface area contributed by atoms with Crippen molar-refractivity contribution in [2.75, 3.05) is 19.4 Å². The molecule has 3 aromatic carbocycles. The third-order valence-corrected chi connectivity index (χ3v) is 7.17. The molecule has 11 heteroatoms. The van der Waals surface area contributed by atoms with Crippen LogP contribution in [0.4, 0.5) is 13.2 Å². The van der Waals surface area contributed by atoms with E-state index in [-0.39, 0.29) is 19.7 Å². The number of aromatic nitrogens is 2. The molecule has 186 valence electrons. The summed E-state index contributed by atoms with van der Waals surface area (Å²) in [7, 11) is -3.89. The number of rotatable bonds is 3. The Morgan fingerprint density at radius 3 is 2.56 bits per heavy atom. The molecule has 0 saturated heterocycles. The van der Waals surface area contributed by atoms with Crippen molar-refractivity contribution in [2.24, 2.45) is 0 Å². The zero-order valence-electron chi connectivity index (χ0n) is 19.0. The zero-order valence-corrected chi connectivity index (χ0v) is 19.8. The van der Waals surface area contributed by atoms with Gasteiger partial charge in [-0.1, -0.05) is 18.2 Å². The number of sulfone groups is 1. The molecule has 0 unspecified atom stereocenters. The molecule has 1 N–H and O–H groups in total. The highest BCUT2D eigenvalue weighted by molar-refractivity contribution is 7.90. The van der Waals surface area contributed by atoms with Gasteiger partial charge in [0.15, 0.2) is 9.84 Å². The Labute approximate surface area is 204 Å². The van der Waals surface area contributed by atoms with Gasteiger partial charge in [0.2, 0.25) is 0 Å². The van der Waals surface area contributed by atoms with Gasteiger partial charge in [0.1, 0.15) is 12.4 Å². The van der Waals surface area contributed by atoms with Crippen molar-refractivity contribution in [3.05, 3.63) is 77.5 Å². The minimum absolute atomic E-state index is 0.0272. The van der Waals surface area contributed by atoms with Gasteiger partial charge in [-0.05, 0) is 47.5 Å². The summed E-state index contributed by atoms with van der Waals surface area (Å²) in [4.78, 5) is 14.0. The van der Waals surface area contributed by atoms with Crippen molar-refractivity contribution < 1.29 is 31.1 Å². The molecule has 0 aliphatic carbocycles. The van der Waals surface area contributed by atoms with Gasteiger partial charge < -0.3 is 9.64 Å². The van der Waals surface area contributed by atoms with Crippen LogP contribution in [0.2, 0.25) is 0 Å². The average molecular weight is 516 g/mol. The summed E-state index contributed by atoms with van der Waals surface area (Å²) in [5, 5.41) is 7.89. The quantitative estimate of drug-likeness (QED) is 0.428. The molecule has 1 aliphatic rings. The van der Waals surface area contributed by atoms with Crippen molar-refractivity contribution in [1.82, 2.24) is 15.1 Å². The summed E-state index contributed by atoms with van der Waals surface area (Å²) >= 11 is 0. The van der Waals surface area contributed by atoms with Crippen LogP contribution in [0.3, 0.4) is 0 Å². The third-order valence-electron chi connectivity index (χ3n) is 6.06. The highest BCUT2D eigenvalue weighted by Gasteiger charge is 2.37. The van der Waals surface area contributed by atoms with Gasteiger partial charge in [0.25, 0.3) is 5.91 Å². The topological polar surface area (TPSA) is 92.4 Å². The second-order valence-corrected chi connectivity index (χ2v) is 10.6. The summed E-state index contributed by atoms with van der Waals surface area (Å²) < 4.78 is 70.7. The monoisotopic (exact) mass is 515 g/mol. The zero-order chi connectivity index (χ0) is 25.7. The summed E-state index contributed by atoms with van der Waals surface area (Å²) in [5.41, 5.74) is 1.34. The Kier molecular flexibility index (Phi) is 5.74. The van der Waals surface area contributed by atoms with Crippen LogP contribution in [0.5, 0.6) is 5.75 Å². The van der Waals surface area contributed by atoms with Crippen molar-refractivity contribution >= 4 is 26.6 Å². The minimum atomic E-state index is -4.91. The van der Waals surface area contributed by atoms with Crippen molar-refractivity contribution in [2.45, 2.75) is 17.6 Å². The van der Waals surface area contributed by atoms with E-state index in [9.17, 15) is 26.4 Å². The van der Waals surface area contributed by atoms with Crippen LogP contribution in [-0.4, -0.2) is 48.8 Å². The van der Waals surface area contributed by atoms with Crippen LogP contribution in [0.25, 0.3) is 22.0 Å². The second-order valence-electron chi connectivity index (χ2n) is 8.55. The van der Waals surface area contributed by atoms with E-state index in [1.807, 2.05) is 30.3 Å². The van der Waals surface area contributed by atoms with E-state index in [0.29, 0.717) is 17.4 Å². The summed E-state index contributed by atoms with van der Waals surface area (Å²) in [6.07, 6.45) is -2.38. The Morgan fingerprint density at radius 2 is 1.81 bits per heavy atom. The van der Waals surface area contributed by atoms with Crippen LogP contribution in [0, 0.1) is 0 Å². The van der Waals surface area contributed by atoms with Crippen molar-refractivity contribution in [1.29, 1.82) is 0 Å². The molecule has 0 saturated carbocycles. The van der Waals surface area contributed by atoms with E-state index in [1.165, 1.54) is 4.90 Å². The number of fused-ring (bicyclic) bond motifs is 2. The maximum absolute atomic E-state index is 13.8. The first-order chi connectivity index (χ1) is 17.0. The second kappa shape index (κ2) is 8.66. The van der Waals surface area contributed by atoms with E-state index in [1.54, 1.807) is 12.3 Å². The van der Waals surface area contributed by atoms with E-state index >= 15 is 0 Å². The molecule has 0 bridgehead atoms. The third kappa shape index (κ3) is 4.53. The Balaban J connectivity index is 1.49. The van der Waals surface area contributed by atoms with Crippen LogP contribution >= 0.6 is 0 Å². The Hall–Kier alpha value is -3.86. The lowest BCUT2D eigenvalue weighted by Gasteiger charge is -2.22. The number of hydrogen-bond acceptors (Lipinski definition) is 5. The molecule has 2 heterocycles. The molecule has 36 heavy (non-hydrogen) atoms. The maximum atomic E-state index is 13.8. The van der Waals surface area contributed by atoms with Gasteiger partial charge in [-0.2, -0.15) is 18.3 Å². The Morgan fingerprint density at radius 1 is 1.06 bits per heavy atom. The fourth-order valence-electron chi connectivity index (χ4n) is 4.21. The summed E-state index contributed by atoms with van der Waals surface area (Å²) in [6, 6.07) is 13.7. The number of nitrogens with one attached hydrogen (secondary N) is 1. The molecular weight excluding hydrogens is 495 g/mol. The molecule has 4 aromatic rings. The largest absolute Gasteiger partial charge is 0.491 e. The lowest BCUT2D eigenvalue weighted by molar-refractivity contribution is -0.138. The number of halogens is 3. The van der Waals surface area contributed by atoms with Crippen LogP contribution in [0.15, 0.2) is 65.7 Å². The minimum Gasteiger partial charge on any atom is -0.491 e. The number of carbonyl (C=O) groups is 1. The number of amides is 1.